The van der Waals surface area contributed by atoms with Gasteiger partial charge in [0, 0.05) is 6.07 Å². The third-order valence-electron chi connectivity index (χ3n) is 3.68. The average Bonchev–Trinajstić information content (AvgIpc) is 3.26. The fourth-order valence-corrected chi connectivity index (χ4v) is 2.19. The molecule has 1 aromatic carbocycles. The maximum Gasteiger partial charge on any atom is 0.123 e. The molecule has 0 amide bonds. The van der Waals surface area contributed by atoms with Crippen molar-refractivity contribution in [2.75, 3.05) is 27.4 Å². The molecule has 1 aliphatic rings. The van der Waals surface area contributed by atoms with E-state index < -0.39 is 0 Å². The maximum atomic E-state index is 9.60. The first-order valence-corrected chi connectivity index (χ1v) is 6.31. The van der Waals surface area contributed by atoms with Crippen LogP contribution in [0.4, 0.5) is 0 Å². The summed E-state index contributed by atoms with van der Waals surface area (Å²) in [6.45, 7) is 0.565. The van der Waals surface area contributed by atoms with Gasteiger partial charge < -0.3 is 19.9 Å². The van der Waals surface area contributed by atoms with Gasteiger partial charge in [-0.1, -0.05) is 6.07 Å². The van der Waals surface area contributed by atoms with E-state index in [1.54, 1.807) is 7.11 Å². The number of hydrogen-bond donors (Lipinski definition) is 2. The van der Waals surface area contributed by atoms with E-state index in [-0.39, 0.29) is 12.1 Å². The number of benzene rings is 1. The van der Waals surface area contributed by atoms with Crippen LogP contribution in [0.3, 0.4) is 0 Å². The molecule has 100 valence electrons. The lowest BCUT2D eigenvalue weighted by Crippen LogP contribution is -2.53. The van der Waals surface area contributed by atoms with Gasteiger partial charge in [-0.25, -0.2) is 0 Å². The van der Waals surface area contributed by atoms with Gasteiger partial charge in [-0.15, -0.1) is 0 Å². The van der Waals surface area contributed by atoms with Crippen molar-refractivity contribution >= 4 is 0 Å². The Morgan fingerprint density at radius 1 is 1.39 bits per heavy atom. The van der Waals surface area contributed by atoms with E-state index in [9.17, 15) is 5.11 Å². The number of ether oxygens (including phenoxy) is 2. The molecule has 2 rings (SSSR count). The van der Waals surface area contributed by atoms with E-state index in [2.05, 4.69) is 5.32 Å². The molecule has 0 aromatic heterocycles. The molecule has 0 radical (unpaired) electrons. The number of aliphatic hydroxyl groups excluding tert-OH is 1. The van der Waals surface area contributed by atoms with Crippen molar-refractivity contribution in [3.63, 3.8) is 0 Å². The molecule has 4 heteroatoms. The van der Waals surface area contributed by atoms with Gasteiger partial charge in [0.25, 0.3) is 0 Å². The topological polar surface area (TPSA) is 50.7 Å². The highest BCUT2D eigenvalue weighted by atomic mass is 16.5. The Morgan fingerprint density at radius 3 is 2.67 bits per heavy atom. The Kier molecular flexibility index (Phi) is 4.09. The van der Waals surface area contributed by atoms with Gasteiger partial charge in [-0.05, 0) is 37.9 Å². The molecule has 1 aliphatic carbocycles. The molecule has 1 atom stereocenters. The summed E-state index contributed by atoms with van der Waals surface area (Å²) in [5.41, 5.74) is -0.316. The molecule has 0 saturated heterocycles. The molecule has 1 saturated carbocycles. The van der Waals surface area contributed by atoms with Gasteiger partial charge in [0.15, 0.2) is 0 Å². The smallest absolute Gasteiger partial charge is 0.123 e. The van der Waals surface area contributed by atoms with Crippen LogP contribution in [0.15, 0.2) is 24.3 Å². The van der Waals surface area contributed by atoms with E-state index >= 15 is 0 Å². The first kappa shape index (κ1) is 13.2. The van der Waals surface area contributed by atoms with Crippen LogP contribution in [-0.2, 0) is 0 Å². The summed E-state index contributed by atoms with van der Waals surface area (Å²) in [5, 5.41) is 12.8. The molecular weight excluding hydrogens is 230 g/mol. The van der Waals surface area contributed by atoms with Crippen LogP contribution in [0, 0.1) is 5.92 Å². The lowest BCUT2D eigenvalue weighted by molar-refractivity contribution is 0.0914. The highest BCUT2D eigenvalue weighted by Gasteiger charge is 2.44. The molecule has 0 bridgehead atoms. The van der Waals surface area contributed by atoms with Gasteiger partial charge in [-0.2, -0.15) is 0 Å². The molecule has 1 unspecified atom stereocenters. The summed E-state index contributed by atoms with van der Waals surface area (Å²) in [6, 6.07) is 7.52. The number of rotatable bonds is 7. The van der Waals surface area contributed by atoms with Gasteiger partial charge in [0.2, 0.25) is 0 Å². The zero-order valence-electron chi connectivity index (χ0n) is 11.0. The summed E-state index contributed by atoms with van der Waals surface area (Å²) in [5.74, 6) is 2.05. The molecular formula is C14H21NO3. The Hall–Kier alpha value is -1.26. The Bertz CT molecular complexity index is 386. The molecule has 1 fully saturated rings. The summed E-state index contributed by atoms with van der Waals surface area (Å²) >= 11 is 0. The summed E-state index contributed by atoms with van der Waals surface area (Å²) < 4.78 is 10.9. The predicted molar refractivity (Wildman–Crippen MR) is 70.1 cm³/mol. The standard InChI is InChI=1S/C14H21NO3/c1-15-14(9-16,11-6-7-11)10-18-13-5-3-4-12(8-13)17-2/h3-5,8,11,15-16H,6-7,9-10H2,1-2H3. The second-order valence-corrected chi connectivity index (χ2v) is 4.81. The molecule has 4 nitrogen and oxygen atoms in total. The van der Waals surface area contributed by atoms with Crippen molar-refractivity contribution in [3.8, 4) is 11.5 Å². The third kappa shape index (κ3) is 2.76. The number of nitrogens with one attached hydrogen (secondary N) is 1. The summed E-state index contributed by atoms with van der Waals surface area (Å²) in [7, 11) is 3.51. The van der Waals surface area contributed by atoms with E-state index in [1.807, 2.05) is 31.3 Å². The highest BCUT2D eigenvalue weighted by molar-refractivity contribution is 5.33. The largest absolute Gasteiger partial charge is 0.497 e. The van der Waals surface area contributed by atoms with Crippen LogP contribution >= 0.6 is 0 Å². The number of hydrogen-bond acceptors (Lipinski definition) is 4. The van der Waals surface area contributed by atoms with Crippen molar-refractivity contribution in [1.29, 1.82) is 0 Å². The van der Waals surface area contributed by atoms with Crippen LogP contribution in [0.1, 0.15) is 12.8 Å². The zero-order chi connectivity index (χ0) is 13.0. The van der Waals surface area contributed by atoms with Crippen LogP contribution in [0.25, 0.3) is 0 Å². The third-order valence-corrected chi connectivity index (χ3v) is 3.68. The molecule has 0 aliphatic heterocycles. The van der Waals surface area contributed by atoms with E-state index in [1.165, 1.54) is 0 Å². The highest BCUT2D eigenvalue weighted by Crippen LogP contribution is 2.39. The Labute approximate surface area is 108 Å². The summed E-state index contributed by atoms with van der Waals surface area (Å²) in [4.78, 5) is 0. The first-order chi connectivity index (χ1) is 8.74. The van der Waals surface area contributed by atoms with Crippen molar-refractivity contribution in [1.82, 2.24) is 5.32 Å². The zero-order valence-corrected chi connectivity index (χ0v) is 11.0. The number of likely N-dealkylation sites (N-methyl/N-ethyl adjacent to an activating group) is 1. The predicted octanol–water partition coefficient (Wildman–Crippen LogP) is 1.43. The van der Waals surface area contributed by atoms with Crippen LogP contribution in [0.2, 0.25) is 0 Å². The molecule has 0 heterocycles. The minimum absolute atomic E-state index is 0.0954. The van der Waals surface area contributed by atoms with E-state index in [0.29, 0.717) is 12.5 Å². The molecule has 2 N–H and O–H groups in total. The average molecular weight is 251 g/mol. The maximum absolute atomic E-state index is 9.60. The van der Waals surface area contributed by atoms with E-state index in [0.717, 1.165) is 24.3 Å². The van der Waals surface area contributed by atoms with Crippen LogP contribution < -0.4 is 14.8 Å². The second-order valence-electron chi connectivity index (χ2n) is 4.81. The lowest BCUT2D eigenvalue weighted by Gasteiger charge is -2.31. The van der Waals surface area contributed by atoms with Gasteiger partial charge in [0.1, 0.15) is 18.1 Å². The van der Waals surface area contributed by atoms with Crippen molar-refractivity contribution in [2.45, 2.75) is 18.4 Å². The van der Waals surface area contributed by atoms with Gasteiger partial charge in [-0.3, -0.25) is 0 Å². The molecule has 0 spiro atoms. The quantitative estimate of drug-likeness (QED) is 0.770. The van der Waals surface area contributed by atoms with Gasteiger partial charge in [0.05, 0.1) is 19.3 Å². The normalized spacial score (nSPS) is 18.2. The Morgan fingerprint density at radius 2 is 2.11 bits per heavy atom. The molecule has 1 aromatic rings. The van der Waals surface area contributed by atoms with Crippen molar-refractivity contribution < 1.29 is 14.6 Å². The number of methoxy groups -OCH3 is 1. The minimum Gasteiger partial charge on any atom is -0.497 e. The van der Waals surface area contributed by atoms with E-state index in [4.69, 9.17) is 9.47 Å². The summed E-state index contributed by atoms with van der Waals surface area (Å²) in [6.07, 6.45) is 2.31. The fourth-order valence-electron chi connectivity index (χ4n) is 2.19. The van der Waals surface area contributed by atoms with Crippen LogP contribution in [-0.4, -0.2) is 38.0 Å². The monoisotopic (exact) mass is 251 g/mol. The second kappa shape index (κ2) is 5.59. The van der Waals surface area contributed by atoms with Crippen molar-refractivity contribution in [2.24, 2.45) is 5.92 Å². The van der Waals surface area contributed by atoms with Gasteiger partial charge >= 0.3 is 0 Å². The van der Waals surface area contributed by atoms with Crippen LogP contribution in [0.5, 0.6) is 11.5 Å². The molecule has 18 heavy (non-hydrogen) atoms. The minimum atomic E-state index is -0.316. The number of aliphatic hydroxyl groups is 1. The fraction of sp³-hybridized carbons (Fsp3) is 0.571. The van der Waals surface area contributed by atoms with Crippen molar-refractivity contribution in [3.05, 3.63) is 24.3 Å². The SMILES string of the molecule is CNC(CO)(COc1cccc(OC)c1)C1CC1. The lowest BCUT2D eigenvalue weighted by atomic mass is 9.95. The first-order valence-electron chi connectivity index (χ1n) is 6.31. The Balaban J connectivity index is 2.00.